The fraction of sp³-hybridized carbons (Fsp3) is 0.263. The third-order valence-electron chi connectivity index (χ3n) is 3.64. The van der Waals surface area contributed by atoms with Crippen molar-refractivity contribution in [1.29, 1.82) is 5.26 Å². The maximum atomic E-state index is 12.2. The van der Waals surface area contributed by atoms with Crippen molar-refractivity contribution in [2.45, 2.75) is 6.54 Å². The molecule has 24 heavy (non-hydrogen) atoms. The van der Waals surface area contributed by atoms with Gasteiger partial charge in [-0.25, -0.2) is 0 Å². The summed E-state index contributed by atoms with van der Waals surface area (Å²) in [7, 11) is 5.74. The maximum Gasteiger partial charge on any atom is 0.260 e. The monoisotopic (exact) mass is 323 g/mol. The van der Waals surface area contributed by atoms with Gasteiger partial charge in [-0.1, -0.05) is 12.1 Å². The predicted octanol–water partition coefficient (Wildman–Crippen LogP) is 2.66. The highest BCUT2D eigenvalue weighted by atomic mass is 16.5. The lowest BCUT2D eigenvalue weighted by Gasteiger charge is -2.18. The highest BCUT2D eigenvalue weighted by Crippen LogP contribution is 2.14. The van der Waals surface area contributed by atoms with Gasteiger partial charge >= 0.3 is 0 Å². The Hall–Kier alpha value is -3.00. The van der Waals surface area contributed by atoms with E-state index in [0.717, 1.165) is 11.3 Å². The number of hydrogen-bond donors (Lipinski definition) is 0. The predicted molar refractivity (Wildman–Crippen MR) is 93.9 cm³/mol. The van der Waals surface area contributed by atoms with E-state index >= 15 is 0 Å². The van der Waals surface area contributed by atoms with E-state index in [2.05, 4.69) is 0 Å². The highest BCUT2D eigenvalue weighted by Gasteiger charge is 2.10. The van der Waals surface area contributed by atoms with Crippen LogP contribution in [0.25, 0.3) is 0 Å². The van der Waals surface area contributed by atoms with Crippen LogP contribution in [0.15, 0.2) is 48.5 Å². The lowest BCUT2D eigenvalue weighted by atomic mass is 10.2. The summed E-state index contributed by atoms with van der Waals surface area (Å²) in [6.45, 7) is 0.501. The number of amides is 1. The molecule has 2 aromatic rings. The van der Waals surface area contributed by atoms with Gasteiger partial charge < -0.3 is 14.5 Å². The quantitative estimate of drug-likeness (QED) is 0.820. The zero-order chi connectivity index (χ0) is 17.5. The number of rotatable bonds is 6. The van der Waals surface area contributed by atoms with Crippen molar-refractivity contribution in [2.75, 3.05) is 32.6 Å². The van der Waals surface area contributed by atoms with Gasteiger partial charge in [-0.15, -0.1) is 0 Å². The molecule has 0 spiro atoms. The SMILES string of the molecule is CN(Cc1ccc(N(C)C)cc1)C(=O)COc1ccc(C#N)cc1. The van der Waals surface area contributed by atoms with Crippen LogP contribution in [-0.4, -0.2) is 38.6 Å². The number of carbonyl (C=O) groups excluding carboxylic acids is 1. The first-order valence-corrected chi connectivity index (χ1v) is 7.63. The molecule has 0 fully saturated rings. The lowest BCUT2D eigenvalue weighted by molar-refractivity contribution is -0.132. The Labute approximate surface area is 142 Å². The molecule has 0 aliphatic heterocycles. The van der Waals surface area contributed by atoms with Crippen molar-refractivity contribution in [3.8, 4) is 11.8 Å². The van der Waals surface area contributed by atoms with Gasteiger partial charge in [-0.05, 0) is 42.0 Å². The van der Waals surface area contributed by atoms with Gasteiger partial charge in [0, 0.05) is 33.4 Å². The molecule has 0 aliphatic rings. The van der Waals surface area contributed by atoms with Crippen molar-refractivity contribution in [3.05, 3.63) is 59.7 Å². The average Bonchev–Trinajstić information content (AvgIpc) is 2.60. The van der Waals surface area contributed by atoms with E-state index in [-0.39, 0.29) is 12.5 Å². The molecule has 0 saturated carbocycles. The summed E-state index contributed by atoms with van der Waals surface area (Å²) < 4.78 is 5.47. The Morgan fingerprint density at radius 1 is 1.04 bits per heavy atom. The normalized spacial score (nSPS) is 9.92. The molecule has 2 aromatic carbocycles. The summed E-state index contributed by atoms with van der Waals surface area (Å²) >= 11 is 0. The minimum absolute atomic E-state index is 0.0296. The van der Waals surface area contributed by atoms with E-state index in [4.69, 9.17) is 10.00 Å². The highest BCUT2D eigenvalue weighted by molar-refractivity contribution is 5.77. The van der Waals surface area contributed by atoms with Gasteiger partial charge in [-0.3, -0.25) is 4.79 Å². The van der Waals surface area contributed by atoms with Crippen LogP contribution in [0.1, 0.15) is 11.1 Å². The number of carbonyl (C=O) groups is 1. The molecule has 2 rings (SSSR count). The third kappa shape index (κ3) is 4.75. The Balaban J connectivity index is 1.86. The minimum Gasteiger partial charge on any atom is -0.484 e. The number of nitrogens with zero attached hydrogens (tertiary/aromatic N) is 3. The zero-order valence-electron chi connectivity index (χ0n) is 14.2. The number of hydrogen-bond acceptors (Lipinski definition) is 4. The van der Waals surface area contributed by atoms with Gasteiger partial charge in [0.25, 0.3) is 5.91 Å². The van der Waals surface area contributed by atoms with Gasteiger partial charge in [0.1, 0.15) is 5.75 Å². The summed E-state index contributed by atoms with van der Waals surface area (Å²) in [4.78, 5) is 15.8. The van der Waals surface area contributed by atoms with E-state index in [9.17, 15) is 4.79 Å². The van der Waals surface area contributed by atoms with Crippen molar-refractivity contribution in [2.24, 2.45) is 0 Å². The molecule has 5 heteroatoms. The molecule has 124 valence electrons. The average molecular weight is 323 g/mol. The zero-order valence-corrected chi connectivity index (χ0v) is 14.2. The van der Waals surface area contributed by atoms with Gasteiger partial charge in [0.15, 0.2) is 6.61 Å². The molecule has 0 aromatic heterocycles. The van der Waals surface area contributed by atoms with Crippen molar-refractivity contribution in [3.63, 3.8) is 0 Å². The Morgan fingerprint density at radius 2 is 1.67 bits per heavy atom. The number of nitriles is 1. The van der Waals surface area contributed by atoms with Gasteiger partial charge in [0.2, 0.25) is 0 Å². The number of anilines is 1. The fourth-order valence-corrected chi connectivity index (χ4v) is 2.14. The van der Waals surface area contributed by atoms with Crippen molar-refractivity contribution in [1.82, 2.24) is 4.90 Å². The number of likely N-dealkylation sites (N-methyl/N-ethyl adjacent to an activating group) is 1. The molecule has 0 radical (unpaired) electrons. The summed E-state index contributed by atoms with van der Waals surface area (Å²) in [5.41, 5.74) is 2.75. The molecule has 0 heterocycles. The van der Waals surface area contributed by atoms with Crippen molar-refractivity contribution >= 4 is 11.6 Å². The first-order valence-electron chi connectivity index (χ1n) is 7.63. The summed E-state index contributed by atoms with van der Waals surface area (Å²) in [6.07, 6.45) is 0. The maximum absolute atomic E-state index is 12.2. The van der Waals surface area contributed by atoms with Crippen LogP contribution in [0.3, 0.4) is 0 Å². The van der Waals surface area contributed by atoms with Crippen LogP contribution in [0.2, 0.25) is 0 Å². The summed E-state index contributed by atoms with van der Waals surface area (Å²) in [6, 6.07) is 16.8. The van der Waals surface area contributed by atoms with Crippen LogP contribution in [0.4, 0.5) is 5.69 Å². The van der Waals surface area contributed by atoms with Crippen LogP contribution < -0.4 is 9.64 Å². The smallest absolute Gasteiger partial charge is 0.260 e. The molecular formula is C19H21N3O2. The molecule has 0 N–H and O–H groups in total. The molecule has 0 bridgehead atoms. The summed E-state index contributed by atoms with van der Waals surface area (Å²) in [5.74, 6) is 0.474. The standard InChI is InChI=1S/C19H21N3O2/c1-21(2)17-8-4-16(5-9-17)13-22(3)19(23)14-24-18-10-6-15(12-20)7-11-18/h4-11H,13-14H2,1-3H3. The first-order chi connectivity index (χ1) is 11.5. The van der Waals surface area contributed by atoms with E-state index in [1.165, 1.54) is 0 Å². The van der Waals surface area contributed by atoms with E-state index in [0.29, 0.717) is 17.9 Å². The number of ether oxygens (including phenoxy) is 1. The van der Waals surface area contributed by atoms with Crippen molar-refractivity contribution < 1.29 is 9.53 Å². The molecule has 5 nitrogen and oxygen atoms in total. The summed E-state index contributed by atoms with van der Waals surface area (Å²) in [5, 5.41) is 8.75. The van der Waals surface area contributed by atoms with E-state index in [1.807, 2.05) is 49.3 Å². The third-order valence-corrected chi connectivity index (χ3v) is 3.64. The first kappa shape index (κ1) is 17.4. The van der Waals surface area contributed by atoms with Crippen LogP contribution in [0, 0.1) is 11.3 Å². The lowest BCUT2D eigenvalue weighted by Crippen LogP contribution is -2.30. The fourth-order valence-electron chi connectivity index (χ4n) is 2.14. The second kappa shape index (κ2) is 8.02. The largest absolute Gasteiger partial charge is 0.484 e. The Bertz CT molecular complexity index is 716. The molecule has 0 unspecified atom stereocenters. The van der Waals surface area contributed by atoms with Gasteiger partial charge in [0.05, 0.1) is 11.6 Å². The van der Waals surface area contributed by atoms with Crippen LogP contribution >= 0.6 is 0 Å². The molecule has 0 aliphatic carbocycles. The molecular weight excluding hydrogens is 302 g/mol. The number of benzene rings is 2. The van der Waals surface area contributed by atoms with Gasteiger partial charge in [-0.2, -0.15) is 5.26 Å². The topological polar surface area (TPSA) is 56.6 Å². The van der Waals surface area contributed by atoms with Crippen LogP contribution in [0.5, 0.6) is 5.75 Å². The molecule has 1 amide bonds. The van der Waals surface area contributed by atoms with E-state index in [1.54, 1.807) is 36.2 Å². The molecule has 0 saturated heterocycles. The Morgan fingerprint density at radius 3 is 2.21 bits per heavy atom. The second-order valence-corrected chi connectivity index (χ2v) is 5.74. The van der Waals surface area contributed by atoms with Crippen LogP contribution in [-0.2, 0) is 11.3 Å². The minimum atomic E-state index is -0.101. The van der Waals surface area contributed by atoms with E-state index < -0.39 is 0 Å². The second-order valence-electron chi connectivity index (χ2n) is 5.74. The molecule has 0 atom stereocenters. The Kier molecular flexibility index (Phi) is 5.80.